The van der Waals surface area contributed by atoms with E-state index >= 15 is 0 Å². The Morgan fingerprint density at radius 1 is 1.39 bits per heavy atom. The van der Waals surface area contributed by atoms with Gasteiger partial charge in [0, 0.05) is 35.6 Å². The van der Waals surface area contributed by atoms with Crippen LogP contribution >= 0.6 is 11.3 Å². The number of nitrogens with zero attached hydrogens (tertiary/aromatic N) is 4. The number of amides is 1. The van der Waals surface area contributed by atoms with Gasteiger partial charge in [0.2, 0.25) is 0 Å². The van der Waals surface area contributed by atoms with Crippen LogP contribution in [0.25, 0.3) is 5.82 Å². The van der Waals surface area contributed by atoms with Crippen molar-refractivity contribution in [1.82, 2.24) is 19.4 Å². The number of hydrogen-bond donors (Lipinski definition) is 0. The van der Waals surface area contributed by atoms with E-state index in [1.54, 1.807) is 63.9 Å². The molecule has 3 heterocycles. The fourth-order valence-corrected chi connectivity index (χ4v) is 2.96. The van der Waals surface area contributed by atoms with Crippen LogP contribution in [0.5, 0.6) is 0 Å². The average molecular weight is 324 g/mol. The number of aromatic nitrogens is 3. The molecule has 3 rings (SSSR count). The van der Waals surface area contributed by atoms with Gasteiger partial charge in [-0.25, -0.2) is 9.97 Å². The number of imidazole rings is 1. The molecule has 3 aromatic rings. The van der Waals surface area contributed by atoms with E-state index in [9.17, 15) is 4.79 Å². The normalized spacial score (nSPS) is 10.4. The number of hydrogen-bond acceptors (Lipinski definition) is 4. The lowest BCUT2D eigenvalue weighted by atomic mass is 10.2. The molecule has 0 aliphatic heterocycles. The molecule has 0 unspecified atom stereocenters. The smallest absolute Gasteiger partial charge is 0.254 e. The number of rotatable bonds is 6. The largest absolute Gasteiger partial charge is 0.330 e. The van der Waals surface area contributed by atoms with E-state index in [1.165, 1.54) is 0 Å². The predicted molar refractivity (Wildman–Crippen MR) is 90.6 cm³/mol. The molecule has 0 saturated carbocycles. The Bertz CT molecular complexity index is 781. The number of thiophene rings is 1. The molecule has 6 heteroatoms. The standard InChI is InChI=1S/C17H16N4OS/c1-2-8-20(12-15-4-3-10-23-15)17(22)14-5-6-19-16(11-14)21-9-7-18-13-21/h2-7,9-11,13H,1,8,12H2. The van der Waals surface area contributed by atoms with E-state index in [2.05, 4.69) is 16.5 Å². The highest BCUT2D eigenvalue weighted by molar-refractivity contribution is 7.09. The van der Waals surface area contributed by atoms with Gasteiger partial charge in [0.25, 0.3) is 5.91 Å². The molecule has 23 heavy (non-hydrogen) atoms. The first kappa shape index (κ1) is 15.2. The molecular weight excluding hydrogens is 308 g/mol. The molecule has 0 aromatic carbocycles. The third-order valence-corrected chi connectivity index (χ3v) is 4.19. The fourth-order valence-electron chi connectivity index (χ4n) is 2.24. The summed E-state index contributed by atoms with van der Waals surface area (Å²) in [6.45, 7) is 4.82. The van der Waals surface area contributed by atoms with E-state index in [1.807, 2.05) is 17.5 Å². The van der Waals surface area contributed by atoms with Crippen LogP contribution in [0.15, 0.2) is 67.2 Å². The second-order valence-corrected chi connectivity index (χ2v) is 5.96. The molecule has 3 aromatic heterocycles. The zero-order valence-electron chi connectivity index (χ0n) is 12.5. The average Bonchev–Trinajstić information content (AvgIpc) is 3.27. The van der Waals surface area contributed by atoms with Gasteiger partial charge in [0.1, 0.15) is 12.1 Å². The van der Waals surface area contributed by atoms with Gasteiger partial charge in [-0.05, 0) is 23.6 Å². The molecule has 1 amide bonds. The Labute approximate surface area is 138 Å². The summed E-state index contributed by atoms with van der Waals surface area (Å²) < 4.78 is 1.77. The van der Waals surface area contributed by atoms with Crippen molar-refractivity contribution in [2.45, 2.75) is 6.54 Å². The Morgan fingerprint density at radius 3 is 3.00 bits per heavy atom. The topological polar surface area (TPSA) is 51.0 Å². The summed E-state index contributed by atoms with van der Waals surface area (Å²) in [5.74, 6) is 0.630. The molecule has 0 bridgehead atoms. The Hall–Kier alpha value is -2.73. The zero-order chi connectivity index (χ0) is 16.1. The molecular formula is C17H16N4OS. The lowest BCUT2D eigenvalue weighted by Crippen LogP contribution is -2.30. The Balaban J connectivity index is 1.85. The van der Waals surface area contributed by atoms with Crippen LogP contribution < -0.4 is 0 Å². The van der Waals surface area contributed by atoms with Gasteiger partial charge in [-0.1, -0.05) is 12.1 Å². The molecule has 0 N–H and O–H groups in total. The lowest BCUT2D eigenvalue weighted by molar-refractivity contribution is 0.0764. The highest BCUT2D eigenvalue weighted by Gasteiger charge is 2.16. The lowest BCUT2D eigenvalue weighted by Gasteiger charge is -2.20. The molecule has 0 atom stereocenters. The molecule has 0 fully saturated rings. The molecule has 0 saturated heterocycles. The van der Waals surface area contributed by atoms with Crippen molar-refractivity contribution in [2.24, 2.45) is 0 Å². The first-order chi connectivity index (χ1) is 11.3. The summed E-state index contributed by atoms with van der Waals surface area (Å²) in [6, 6.07) is 7.51. The molecule has 116 valence electrons. The number of pyridine rings is 1. The first-order valence-electron chi connectivity index (χ1n) is 7.15. The minimum Gasteiger partial charge on any atom is -0.330 e. The molecule has 0 aliphatic carbocycles. The zero-order valence-corrected chi connectivity index (χ0v) is 13.3. The third-order valence-electron chi connectivity index (χ3n) is 3.32. The monoisotopic (exact) mass is 324 g/mol. The highest BCUT2D eigenvalue weighted by Crippen LogP contribution is 2.15. The SMILES string of the molecule is C=CCN(Cc1cccs1)C(=O)c1ccnc(-n2ccnc2)c1. The van der Waals surface area contributed by atoms with Gasteiger partial charge in [-0.2, -0.15) is 0 Å². The van der Waals surface area contributed by atoms with Crippen molar-refractivity contribution in [3.8, 4) is 5.82 Å². The van der Waals surface area contributed by atoms with Crippen LogP contribution in [0.4, 0.5) is 0 Å². The van der Waals surface area contributed by atoms with E-state index < -0.39 is 0 Å². The maximum atomic E-state index is 12.8. The van der Waals surface area contributed by atoms with Gasteiger partial charge in [-0.15, -0.1) is 17.9 Å². The first-order valence-corrected chi connectivity index (χ1v) is 8.03. The molecule has 5 nitrogen and oxygen atoms in total. The van der Waals surface area contributed by atoms with Gasteiger partial charge >= 0.3 is 0 Å². The fraction of sp³-hybridized carbons (Fsp3) is 0.118. The van der Waals surface area contributed by atoms with Crippen LogP contribution in [0.1, 0.15) is 15.2 Å². The second-order valence-electron chi connectivity index (χ2n) is 4.93. The summed E-state index contributed by atoms with van der Waals surface area (Å²) >= 11 is 1.64. The molecule has 0 spiro atoms. The van der Waals surface area contributed by atoms with Gasteiger partial charge in [-0.3, -0.25) is 9.36 Å². The van der Waals surface area contributed by atoms with Crippen LogP contribution in [0.2, 0.25) is 0 Å². The number of carbonyl (C=O) groups excluding carboxylic acids is 1. The van der Waals surface area contributed by atoms with E-state index in [-0.39, 0.29) is 5.91 Å². The predicted octanol–water partition coefficient (Wildman–Crippen LogP) is 3.16. The van der Waals surface area contributed by atoms with Crippen LogP contribution in [0.3, 0.4) is 0 Å². The van der Waals surface area contributed by atoms with Crippen molar-refractivity contribution in [1.29, 1.82) is 0 Å². The van der Waals surface area contributed by atoms with Crippen molar-refractivity contribution in [2.75, 3.05) is 6.54 Å². The van der Waals surface area contributed by atoms with Crippen LogP contribution in [-0.2, 0) is 6.54 Å². The third kappa shape index (κ3) is 3.54. The quantitative estimate of drug-likeness (QED) is 0.655. The van der Waals surface area contributed by atoms with Crippen LogP contribution in [0, 0.1) is 0 Å². The summed E-state index contributed by atoms with van der Waals surface area (Å²) in [6.07, 6.45) is 8.51. The Morgan fingerprint density at radius 2 is 2.30 bits per heavy atom. The van der Waals surface area contributed by atoms with E-state index in [4.69, 9.17) is 0 Å². The van der Waals surface area contributed by atoms with Crippen LogP contribution in [-0.4, -0.2) is 31.9 Å². The summed E-state index contributed by atoms with van der Waals surface area (Å²) in [7, 11) is 0. The Kier molecular flexibility index (Phi) is 4.63. The van der Waals surface area contributed by atoms with Gasteiger partial charge < -0.3 is 4.90 Å². The minimum absolute atomic E-state index is 0.0398. The second kappa shape index (κ2) is 7.02. The van der Waals surface area contributed by atoms with Gasteiger partial charge in [0.15, 0.2) is 0 Å². The van der Waals surface area contributed by atoms with E-state index in [0.29, 0.717) is 24.5 Å². The highest BCUT2D eigenvalue weighted by atomic mass is 32.1. The van der Waals surface area contributed by atoms with Crippen molar-refractivity contribution >= 4 is 17.2 Å². The molecule has 0 aliphatic rings. The maximum Gasteiger partial charge on any atom is 0.254 e. The van der Waals surface area contributed by atoms with Crippen molar-refractivity contribution in [3.63, 3.8) is 0 Å². The van der Waals surface area contributed by atoms with Crippen molar-refractivity contribution < 1.29 is 4.79 Å². The summed E-state index contributed by atoms with van der Waals surface area (Å²) in [5.41, 5.74) is 0.599. The molecule has 0 radical (unpaired) electrons. The summed E-state index contributed by atoms with van der Waals surface area (Å²) in [4.78, 5) is 24.0. The minimum atomic E-state index is -0.0398. The van der Waals surface area contributed by atoms with Gasteiger partial charge in [0.05, 0.1) is 6.54 Å². The number of carbonyl (C=O) groups is 1. The van der Waals surface area contributed by atoms with Crippen molar-refractivity contribution in [3.05, 3.63) is 77.7 Å². The summed E-state index contributed by atoms with van der Waals surface area (Å²) in [5, 5.41) is 2.01. The van der Waals surface area contributed by atoms with E-state index in [0.717, 1.165) is 4.88 Å². The maximum absolute atomic E-state index is 12.8.